The van der Waals surface area contributed by atoms with Crippen molar-refractivity contribution < 1.29 is 9.59 Å². The molecule has 0 aromatic heterocycles. The minimum Gasteiger partial charge on any atom is -0.356 e. The fraction of sp³-hybridized carbons (Fsp3) is 0.867. The van der Waals surface area contributed by atoms with Crippen LogP contribution in [-0.4, -0.2) is 43.9 Å². The van der Waals surface area contributed by atoms with E-state index in [1.165, 1.54) is 19.3 Å². The summed E-state index contributed by atoms with van der Waals surface area (Å²) in [6.07, 6.45) is 7.46. The van der Waals surface area contributed by atoms with Crippen LogP contribution in [0.25, 0.3) is 0 Å². The van der Waals surface area contributed by atoms with Gasteiger partial charge in [0, 0.05) is 33.5 Å². The smallest absolute Gasteiger partial charge is 0.222 e. The molecule has 5 nitrogen and oxygen atoms in total. The number of carbonyl (C=O) groups is 2. The molecule has 1 rings (SSSR count). The lowest BCUT2D eigenvalue weighted by Gasteiger charge is -2.35. The first kappa shape index (κ1) is 17.0. The van der Waals surface area contributed by atoms with Gasteiger partial charge in [-0.25, -0.2) is 0 Å². The first-order chi connectivity index (χ1) is 9.49. The van der Waals surface area contributed by atoms with E-state index in [9.17, 15) is 9.59 Å². The molecule has 0 unspecified atom stereocenters. The lowest BCUT2D eigenvalue weighted by molar-refractivity contribution is -0.129. The van der Waals surface area contributed by atoms with Gasteiger partial charge >= 0.3 is 0 Å². The molecule has 0 spiro atoms. The van der Waals surface area contributed by atoms with Gasteiger partial charge in [0.15, 0.2) is 0 Å². The van der Waals surface area contributed by atoms with Gasteiger partial charge in [-0.2, -0.15) is 0 Å². The van der Waals surface area contributed by atoms with E-state index in [0.717, 1.165) is 12.8 Å². The molecule has 2 amide bonds. The van der Waals surface area contributed by atoms with Crippen molar-refractivity contribution >= 4 is 11.8 Å². The van der Waals surface area contributed by atoms with Gasteiger partial charge in [0.2, 0.25) is 11.8 Å². The molecule has 1 fully saturated rings. The normalized spacial score (nSPS) is 17.6. The van der Waals surface area contributed by atoms with Crippen LogP contribution in [0.2, 0.25) is 0 Å². The lowest BCUT2D eigenvalue weighted by atomic mass is 9.71. The number of amides is 2. The molecule has 0 atom stereocenters. The number of nitrogens with two attached hydrogens (primary N) is 1. The van der Waals surface area contributed by atoms with Crippen LogP contribution in [0.4, 0.5) is 0 Å². The number of hydrogen-bond donors (Lipinski definition) is 2. The second kappa shape index (κ2) is 8.25. The van der Waals surface area contributed by atoms with E-state index >= 15 is 0 Å². The van der Waals surface area contributed by atoms with Crippen molar-refractivity contribution in [3.05, 3.63) is 0 Å². The molecule has 1 aliphatic rings. The van der Waals surface area contributed by atoms with E-state index in [1.807, 2.05) is 0 Å². The molecule has 1 aliphatic carbocycles. The molecule has 0 aromatic rings. The Balaban J connectivity index is 2.24. The zero-order valence-electron chi connectivity index (χ0n) is 12.9. The molecule has 0 bridgehead atoms. The second-order valence-corrected chi connectivity index (χ2v) is 6.18. The van der Waals surface area contributed by atoms with Gasteiger partial charge < -0.3 is 16.0 Å². The maximum atomic E-state index is 12.0. The monoisotopic (exact) mass is 283 g/mol. The molecule has 0 heterocycles. The topological polar surface area (TPSA) is 75.4 Å². The van der Waals surface area contributed by atoms with Crippen LogP contribution in [0.3, 0.4) is 0 Å². The zero-order chi connectivity index (χ0) is 15.0. The molecular formula is C15H29N3O2. The Morgan fingerprint density at radius 3 is 2.40 bits per heavy atom. The van der Waals surface area contributed by atoms with Crippen LogP contribution in [0.5, 0.6) is 0 Å². The van der Waals surface area contributed by atoms with Gasteiger partial charge in [0.25, 0.3) is 0 Å². The van der Waals surface area contributed by atoms with Gasteiger partial charge in [-0.1, -0.05) is 19.3 Å². The highest BCUT2D eigenvalue weighted by Crippen LogP contribution is 2.38. The summed E-state index contributed by atoms with van der Waals surface area (Å²) >= 11 is 0. The average molecular weight is 283 g/mol. The highest BCUT2D eigenvalue weighted by molar-refractivity contribution is 5.77. The zero-order valence-corrected chi connectivity index (χ0v) is 12.9. The van der Waals surface area contributed by atoms with Crippen molar-refractivity contribution in [2.24, 2.45) is 11.1 Å². The summed E-state index contributed by atoms with van der Waals surface area (Å²) in [5.74, 6) is 0.180. The van der Waals surface area contributed by atoms with Crippen molar-refractivity contribution in [3.8, 4) is 0 Å². The maximum Gasteiger partial charge on any atom is 0.222 e. The first-order valence-electron chi connectivity index (χ1n) is 7.66. The summed E-state index contributed by atoms with van der Waals surface area (Å²) in [7, 11) is 3.49. The Hall–Kier alpha value is -1.10. The SMILES string of the molecule is CN(C)C(=O)CCCNC(=O)CC1(CN)CCCCC1. The summed E-state index contributed by atoms with van der Waals surface area (Å²) < 4.78 is 0. The average Bonchev–Trinajstić information content (AvgIpc) is 2.44. The second-order valence-electron chi connectivity index (χ2n) is 6.18. The minimum absolute atomic E-state index is 0.0157. The van der Waals surface area contributed by atoms with Crippen molar-refractivity contribution in [2.75, 3.05) is 27.2 Å². The van der Waals surface area contributed by atoms with Gasteiger partial charge in [-0.05, 0) is 31.2 Å². The van der Waals surface area contributed by atoms with Crippen LogP contribution in [0.15, 0.2) is 0 Å². The molecular weight excluding hydrogens is 254 g/mol. The molecule has 0 aliphatic heterocycles. The summed E-state index contributed by atoms with van der Waals surface area (Å²) in [4.78, 5) is 25.0. The summed E-state index contributed by atoms with van der Waals surface area (Å²) in [6, 6.07) is 0. The molecule has 0 saturated heterocycles. The van der Waals surface area contributed by atoms with Crippen LogP contribution >= 0.6 is 0 Å². The van der Waals surface area contributed by atoms with E-state index in [4.69, 9.17) is 5.73 Å². The van der Waals surface area contributed by atoms with E-state index in [2.05, 4.69) is 5.32 Å². The van der Waals surface area contributed by atoms with Crippen molar-refractivity contribution in [3.63, 3.8) is 0 Å². The predicted molar refractivity (Wildman–Crippen MR) is 80.1 cm³/mol. The van der Waals surface area contributed by atoms with Crippen molar-refractivity contribution in [1.82, 2.24) is 10.2 Å². The summed E-state index contributed by atoms with van der Waals surface area (Å²) in [6.45, 7) is 1.17. The van der Waals surface area contributed by atoms with E-state index in [-0.39, 0.29) is 17.2 Å². The number of nitrogens with zero attached hydrogens (tertiary/aromatic N) is 1. The molecule has 5 heteroatoms. The third-order valence-electron chi connectivity index (χ3n) is 4.27. The maximum absolute atomic E-state index is 12.0. The quantitative estimate of drug-likeness (QED) is 0.691. The van der Waals surface area contributed by atoms with Crippen molar-refractivity contribution in [2.45, 2.75) is 51.4 Å². The number of carbonyl (C=O) groups excluding carboxylic acids is 2. The third-order valence-corrected chi connectivity index (χ3v) is 4.27. The largest absolute Gasteiger partial charge is 0.356 e. The minimum atomic E-state index is 0.0157. The Labute approximate surface area is 122 Å². The highest BCUT2D eigenvalue weighted by atomic mass is 16.2. The number of hydrogen-bond acceptors (Lipinski definition) is 3. The third kappa shape index (κ3) is 5.49. The fourth-order valence-electron chi connectivity index (χ4n) is 2.85. The Morgan fingerprint density at radius 2 is 1.85 bits per heavy atom. The molecule has 0 radical (unpaired) electrons. The number of nitrogens with one attached hydrogen (secondary N) is 1. The van der Waals surface area contributed by atoms with E-state index in [0.29, 0.717) is 32.4 Å². The van der Waals surface area contributed by atoms with Gasteiger partial charge in [0.05, 0.1) is 0 Å². The van der Waals surface area contributed by atoms with Crippen LogP contribution in [0.1, 0.15) is 51.4 Å². The van der Waals surface area contributed by atoms with Gasteiger partial charge in [-0.3, -0.25) is 9.59 Å². The summed E-state index contributed by atoms with van der Waals surface area (Å²) in [5.41, 5.74) is 5.90. The lowest BCUT2D eigenvalue weighted by Crippen LogP contribution is -2.39. The first-order valence-corrected chi connectivity index (χ1v) is 7.66. The Morgan fingerprint density at radius 1 is 1.20 bits per heavy atom. The van der Waals surface area contributed by atoms with Crippen LogP contribution < -0.4 is 11.1 Å². The highest BCUT2D eigenvalue weighted by Gasteiger charge is 2.32. The molecule has 0 aromatic carbocycles. The van der Waals surface area contributed by atoms with E-state index < -0.39 is 0 Å². The van der Waals surface area contributed by atoms with Gasteiger partial charge in [0.1, 0.15) is 0 Å². The molecule has 116 valence electrons. The van der Waals surface area contributed by atoms with Crippen LogP contribution in [0, 0.1) is 5.41 Å². The van der Waals surface area contributed by atoms with Crippen LogP contribution in [-0.2, 0) is 9.59 Å². The fourth-order valence-corrected chi connectivity index (χ4v) is 2.85. The van der Waals surface area contributed by atoms with E-state index in [1.54, 1.807) is 19.0 Å². The molecule has 3 N–H and O–H groups in total. The number of rotatable bonds is 7. The van der Waals surface area contributed by atoms with Crippen molar-refractivity contribution in [1.29, 1.82) is 0 Å². The van der Waals surface area contributed by atoms with Gasteiger partial charge in [-0.15, -0.1) is 0 Å². The predicted octanol–water partition coefficient (Wildman–Crippen LogP) is 1.27. The Bertz CT molecular complexity index is 323. The molecule has 20 heavy (non-hydrogen) atoms. The molecule has 1 saturated carbocycles. The Kier molecular flexibility index (Phi) is 6.99. The summed E-state index contributed by atoms with van der Waals surface area (Å²) in [5, 5.41) is 2.92. The standard InChI is InChI=1S/C15H29N3O2/c1-18(2)14(20)7-6-10-17-13(19)11-15(12-16)8-4-3-5-9-15/h3-12,16H2,1-2H3,(H,17,19).